The summed E-state index contributed by atoms with van der Waals surface area (Å²) < 4.78 is 13.2. The van der Waals surface area contributed by atoms with Crippen molar-refractivity contribution in [1.82, 2.24) is 0 Å². The van der Waals surface area contributed by atoms with Crippen molar-refractivity contribution in [2.24, 2.45) is 5.73 Å². The first-order valence-corrected chi connectivity index (χ1v) is 4.84. The van der Waals surface area contributed by atoms with Crippen LogP contribution in [0.4, 0.5) is 4.39 Å². The summed E-state index contributed by atoms with van der Waals surface area (Å²) in [6, 6.07) is 3.62. The summed E-state index contributed by atoms with van der Waals surface area (Å²) in [6.45, 7) is 1.11. The van der Waals surface area contributed by atoms with Gasteiger partial charge in [0, 0.05) is 6.54 Å². The summed E-state index contributed by atoms with van der Waals surface area (Å²) >= 11 is 0. The van der Waals surface area contributed by atoms with Crippen LogP contribution in [0.2, 0.25) is 0 Å². The van der Waals surface area contributed by atoms with Gasteiger partial charge in [-0.2, -0.15) is 0 Å². The molecule has 0 bridgehead atoms. The molecular formula is C11H14FNO3. The average Bonchev–Trinajstić information content (AvgIpc) is 2.27. The molecule has 0 aliphatic heterocycles. The lowest BCUT2D eigenvalue weighted by molar-refractivity contribution is 0.0242. The van der Waals surface area contributed by atoms with Gasteiger partial charge in [0.2, 0.25) is 0 Å². The third-order valence-electron chi connectivity index (χ3n) is 2.32. The number of Topliss-reactive ketones (excluding diaryl/α,β-unsaturated/α-hetero) is 1. The van der Waals surface area contributed by atoms with Crippen LogP contribution in [0.15, 0.2) is 18.2 Å². The standard InChI is InChI=1S/C11H14FNO3/c1-6(14)8-4-7(2-3-9(8)12)11(16)10(15)5-13/h2-4,10-11,15-16H,5,13H2,1H3. The van der Waals surface area contributed by atoms with Gasteiger partial charge < -0.3 is 15.9 Å². The Morgan fingerprint density at radius 1 is 1.50 bits per heavy atom. The fourth-order valence-corrected chi connectivity index (χ4v) is 1.35. The highest BCUT2D eigenvalue weighted by Gasteiger charge is 2.19. The topological polar surface area (TPSA) is 83.5 Å². The number of rotatable bonds is 4. The monoisotopic (exact) mass is 227 g/mol. The molecule has 16 heavy (non-hydrogen) atoms. The van der Waals surface area contributed by atoms with Crippen molar-refractivity contribution in [3.63, 3.8) is 0 Å². The van der Waals surface area contributed by atoms with Crippen molar-refractivity contribution in [3.05, 3.63) is 35.1 Å². The molecule has 5 heteroatoms. The van der Waals surface area contributed by atoms with E-state index in [-0.39, 0.29) is 17.7 Å². The second kappa shape index (κ2) is 5.16. The number of aliphatic hydroxyl groups excluding tert-OH is 2. The first kappa shape index (κ1) is 12.8. The van der Waals surface area contributed by atoms with Gasteiger partial charge in [-0.25, -0.2) is 4.39 Å². The summed E-state index contributed by atoms with van der Waals surface area (Å²) in [7, 11) is 0. The molecule has 0 aliphatic rings. The zero-order valence-electron chi connectivity index (χ0n) is 8.85. The highest BCUT2D eigenvalue weighted by molar-refractivity contribution is 5.94. The molecule has 0 radical (unpaired) electrons. The van der Waals surface area contributed by atoms with Gasteiger partial charge in [0.1, 0.15) is 11.9 Å². The van der Waals surface area contributed by atoms with E-state index in [2.05, 4.69) is 0 Å². The third kappa shape index (κ3) is 2.63. The first-order valence-electron chi connectivity index (χ1n) is 4.84. The molecule has 0 saturated carbocycles. The summed E-state index contributed by atoms with van der Waals surface area (Å²) in [5.74, 6) is -1.08. The lowest BCUT2D eigenvalue weighted by atomic mass is 10.0. The molecule has 2 atom stereocenters. The quantitative estimate of drug-likeness (QED) is 0.649. The number of ketones is 1. The number of hydrogen-bond donors (Lipinski definition) is 3. The number of hydrogen-bond acceptors (Lipinski definition) is 4. The highest BCUT2D eigenvalue weighted by atomic mass is 19.1. The van der Waals surface area contributed by atoms with Crippen molar-refractivity contribution >= 4 is 5.78 Å². The van der Waals surface area contributed by atoms with E-state index < -0.39 is 23.8 Å². The Morgan fingerprint density at radius 2 is 2.12 bits per heavy atom. The smallest absolute Gasteiger partial charge is 0.162 e. The summed E-state index contributed by atoms with van der Waals surface area (Å²) in [6.07, 6.45) is -2.35. The summed E-state index contributed by atoms with van der Waals surface area (Å²) in [5.41, 5.74) is 5.34. The lowest BCUT2D eigenvalue weighted by Crippen LogP contribution is -2.27. The van der Waals surface area contributed by atoms with E-state index >= 15 is 0 Å². The van der Waals surface area contributed by atoms with Gasteiger partial charge in [-0.3, -0.25) is 4.79 Å². The number of benzene rings is 1. The van der Waals surface area contributed by atoms with Gasteiger partial charge in [-0.15, -0.1) is 0 Å². The molecule has 0 saturated heterocycles. The highest BCUT2D eigenvalue weighted by Crippen LogP contribution is 2.20. The largest absolute Gasteiger partial charge is 0.389 e. The molecular weight excluding hydrogens is 213 g/mol. The molecule has 0 fully saturated rings. The minimum absolute atomic E-state index is 0.110. The normalized spacial score (nSPS) is 14.6. The van der Waals surface area contributed by atoms with Crippen LogP contribution in [0.25, 0.3) is 0 Å². The van der Waals surface area contributed by atoms with E-state index in [1.807, 2.05) is 0 Å². The van der Waals surface area contributed by atoms with Crippen LogP contribution in [-0.4, -0.2) is 28.6 Å². The zero-order chi connectivity index (χ0) is 12.3. The average molecular weight is 227 g/mol. The van der Waals surface area contributed by atoms with Gasteiger partial charge in [-0.1, -0.05) is 6.07 Å². The van der Waals surface area contributed by atoms with E-state index in [1.165, 1.54) is 19.1 Å². The molecule has 0 amide bonds. The predicted molar refractivity (Wildman–Crippen MR) is 56.4 cm³/mol. The summed E-state index contributed by atoms with van der Waals surface area (Å²) in [4.78, 5) is 11.1. The molecule has 1 rings (SSSR count). The molecule has 88 valence electrons. The fraction of sp³-hybridized carbons (Fsp3) is 0.364. The number of nitrogens with two attached hydrogens (primary N) is 1. The maximum atomic E-state index is 13.2. The van der Waals surface area contributed by atoms with Crippen molar-refractivity contribution in [3.8, 4) is 0 Å². The third-order valence-corrected chi connectivity index (χ3v) is 2.32. The molecule has 4 nitrogen and oxygen atoms in total. The van der Waals surface area contributed by atoms with Crippen LogP contribution in [0.3, 0.4) is 0 Å². The van der Waals surface area contributed by atoms with Crippen molar-refractivity contribution in [1.29, 1.82) is 0 Å². The molecule has 2 unspecified atom stereocenters. The Bertz CT molecular complexity index is 395. The maximum Gasteiger partial charge on any atom is 0.162 e. The Hall–Kier alpha value is -1.30. The molecule has 4 N–H and O–H groups in total. The van der Waals surface area contributed by atoms with Crippen LogP contribution in [-0.2, 0) is 0 Å². The van der Waals surface area contributed by atoms with Gasteiger partial charge in [0.05, 0.1) is 11.7 Å². The molecule has 0 aromatic heterocycles. The fourth-order valence-electron chi connectivity index (χ4n) is 1.35. The number of carbonyl (C=O) groups is 1. The van der Waals surface area contributed by atoms with Crippen LogP contribution < -0.4 is 5.73 Å². The number of halogens is 1. The van der Waals surface area contributed by atoms with Crippen LogP contribution in [0, 0.1) is 5.82 Å². The Morgan fingerprint density at radius 3 is 2.62 bits per heavy atom. The van der Waals surface area contributed by atoms with Gasteiger partial charge in [0.15, 0.2) is 5.78 Å². The molecule has 1 aromatic carbocycles. The van der Waals surface area contributed by atoms with Crippen LogP contribution in [0.1, 0.15) is 28.9 Å². The van der Waals surface area contributed by atoms with E-state index in [0.29, 0.717) is 0 Å². The predicted octanol–water partition coefficient (Wildman–Crippen LogP) is 0.381. The first-order chi connectivity index (χ1) is 7.47. The number of aliphatic hydroxyl groups is 2. The molecule has 0 heterocycles. The second-order valence-corrected chi connectivity index (χ2v) is 3.54. The van der Waals surface area contributed by atoms with Gasteiger partial charge >= 0.3 is 0 Å². The lowest BCUT2D eigenvalue weighted by Gasteiger charge is -2.16. The van der Waals surface area contributed by atoms with E-state index in [0.717, 1.165) is 6.07 Å². The van der Waals surface area contributed by atoms with Crippen LogP contribution >= 0.6 is 0 Å². The Balaban J connectivity index is 3.07. The van der Waals surface area contributed by atoms with E-state index in [4.69, 9.17) is 5.73 Å². The Labute approximate surface area is 92.5 Å². The minimum Gasteiger partial charge on any atom is -0.389 e. The summed E-state index contributed by atoms with van der Waals surface area (Å²) in [5, 5.41) is 18.9. The Kier molecular flexibility index (Phi) is 4.12. The maximum absolute atomic E-state index is 13.2. The minimum atomic E-state index is -1.22. The van der Waals surface area contributed by atoms with Gasteiger partial charge in [0.25, 0.3) is 0 Å². The van der Waals surface area contributed by atoms with E-state index in [1.54, 1.807) is 0 Å². The van der Waals surface area contributed by atoms with Crippen molar-refractivity contribution < 1.29 is 19.4 Å². The second-order valence-electron chi connectivity index (χ2n) is 3.54. The SMILES string of the molecule is CC(=O)c1cc(C(O)C(O)CN)ccc1F. The van der Waals surface area contributed by atoms with Crippen molar-refractivity contribution in [2.45, 2.75) is 19.1 Å². The molecule has 0 spiro atoms. The van der Waals surface area contributed by atoms with E-state index in [9.17, 15) is 19.4 Å². The van der Waals surface area contributed by atoms with Gasteiger partial charge in [-0.05, 0) is 24.6 Å². The van der Waals surface area contributed by atoms with Crippen LogP contribution in [0.5, 0.6) is 0 Å². The zero-order valence-corrected chi connectivity index (χ0v) is 8.85. The molecule has 0 aliphatic carbocycles. The molecule has 1 aromatic rings. The number of carbonyl (C=O) groups excluding carboxylic acids is 1. The van der Waals surface area contributed by atoms with Crippen molar-refractivity contribution in [2.75, 3.05) is 6.54 Å².